The molecule has 0 saturated heterocycles. The quantitative estimate of drug-likeness (QED) is 0.824. The van der Waals surface area contributed by atoms with Crippen LogP contribution in [-0.4, -0.2) is 23.5 Å². The van der Waals surface area contributed by atoms with E-state index in [1.165, 1.54) is 10.5 Å². The molecule has 3 heteroatoms. The molecule has 0 spiro atoms. The van der Waals surface area contributed by atoms with Crippen LogP contribution in [0.25, 0.3) is 0 Å². The van der Waals surface area contributed by atoms with E-state index in [9.17, 15) is 0 Å². The molecule has 0 aromatic heterocycles. The van der Waals surface area contributed by atoms with Gasteiger partial charge < -0.3 is 10.4 Å². The highest BCUT2D eigenvalue weighted by Gasteiger charge is 2.20. The van der Waals surface area contributed by atoms with Crippen molar-refractivity contribution in [1.29, 1.82) is 0 Å². The van der Waals surface area contributed by atoms with Crippen LogP contribution in [0.15, 0.2) is 29.2 Å². The molecule has 1 heterocycles. The van der Waals surface area contributed by atoms with Crippen molar-refractivity contribution in [2.24, 2.45) is 0 Å². The number of benzene rings is 1. The van der Waals surface area contributed by atoms with E-state index in [0.29, 0.717) is 6.04 Å². The smallest absolute Gasteiger partial charge is 0.0582 e. The summed E-state index contributed by atoms with van der Waals surface area (Å²) in [5.41, 5.74) is 1.38. The Balaban J connectivity index is 2.15. The van der Waals surface area contributed by atoms with Crippen LogP contribution in [0.2, 0.25) is 0 Å². The summed E-state index contributed by atoms with van der Waals surface area (Å²) in [4.78, 5) is 1.38. The first-order chi connectivity index (χ1) is 7.31. The fraction of sp³-hybridized carbons (Fsp3) is 0.500. The van der Waals surface area contributed by atoms with E-state index in [1.807, 2.05) is 18.7 Å². The molecule has 2 atom stereocenters. The largest absolute Gasteiger partial charge is 0.395 e. The first kappa shape index (κ1) is 11.0. The summed E-state index contributed by atoms with van der Waals surface area (Å²) in [6, 6.07) is 9.11. The highest BCUT2D eigenvalue weighted by atomic mass is 32.2. The number of rotatable bonds is 3. The minimum absolute atomic E-state index is 0.172. The lowest BCUT2D eigenvalue weighted by Crippen LogP contribution is -2.34. The van der Waals surface area contributed by atoms with Gasteiger partial charge in [-0.2, -0.15) is 0 Å². The fourth-order valence-corrected chi connectivity index (χ4v) is 3.04. The molecule has 1 aliphatic rings. The molecule has 0 radical (unpaired) electrons. The number of hydrogen-bond donors (Lipinski definition) is 2. The Labute approximate surface area is 95.1 Å². The molecule has 2 nitrogen and oxygen atoms in total. The Morgan fingerprint density at radius 2 is 2.33 bits per heavy atom. The minimum atomic E-state index is 0.172. The number of thioether (sulfide) groups is 1. The topological polar surface area (TPSA) is 32.3 Å². The summed E-state index contributed by atoms with van der Waals surface area (Å²) in [6.45, 7) is 2.22. The van der Waals surface area contributed by atoms with Crippen LogP contribution in [0.3, 0.4) is 0 Å². The number of hydrogen-bond acceptors (Lipinski definition) is 3. The monoisotopic (exact) mass is 223 g/mol. The van der Waals surface area contributed by atoms with Crippen molar-refractivity contribution in [2.45, 2.75) is 30.3 Å². The maximum absolute atomic E-state index is 9.05. The highest BCUT2D eigenvalue weighted by molar-refractivity contribution is 7.99. The van der Waals surface area contributed by atoms with E-state index < -0.39 is 0 Å². The third-order valence-electron chi connectivity index (χ3n) is 2.72. The summed E-state index contributed by atoms with van der Waals surface area (Å²) in [5.74, 6) is 1.16. The standard InChI is InChI=1S/C12H17NOS/c1-9(8-14)13-11-6-7-15-12-5-3-2-4-10(11)12/h2-5,9,11,13-14H,6-8H2,1H3. The summed E-state index contributed by atoms with van der Waals surface area (Å²) in [5, 5.41) is 12.5. The van der Waals surface area contributed by atoms with E-state index in [-0.39, 0.29) is 12.6 Å². The van der Waals surface area contributed by atoms with Crippen LogP contribution < -0.4 is 5.32 Å². The zero-order valence-electron chi connectivity index (χ0n) is 8.94. The van der Waals surface area contributed by atoms with Gasteiger partial charge in [0.2, 0.25) is 0 Å². The summed E-state index contributed by atoms with van der Waals surface area (Å²) in [7, 11) is 0. The average Bonchev–Trinajstić information content (AvgIpc) is 2.29. The van der Waals surface area contributed by atoms with Gasteiger partial charge in [0.1, 0.15) is 0 Å². The first-order valence-corrected chi connectivity index (χ1v) is 6.38. The van der Waals surface area contributed by atoms with Gasteiger partial charge in [-0.3, -0.25) is 0 Å². The third-order valence-corrected chi connectivity index (χ3v) is 3.84. The van der Waals surface area contributed by atoms with Gasteiger partial charge in [0.25, 0.3) is 0 Å². The summed E-state index contributed by atoms with van der Waals surface area (Å²) < 4.78 is 0. The maximum atomic E-state index is 9.05. The van der Waals surface area contributed by atoms with Crippen molar-refractivity contribution in [3.63, 3.8) is 0 Å². The van der Waals surface area contributed by atoms with Gasteiger partial charge in [0, 0.05) is 17.0 Å². The Morgan fingerprint density at radius 1 is 1.53 bits per heavy atom. The van der Waals surface area contributed by atoms with Crippen LogP contribution >= 0.6 is 11.8 Å². The van der Waals surface area contributed by atoms with Crippen LogP contribution in [0.4, 0.5) is 0 Å². The van der Waals surface area contributed by atoms with Crippen LogP contribution in [0.1, 0.15) is 24.9 Å². The van der Waals surface area contributed by atoms with E-state index in [0.717, 1.165) is 12.2 Å². The van der Waals surface area contributed by atoms with Gasteiger partial charge in [-0.1, -0.05) is 18.2 Å². The second kappa shape index (κ2) is 5.01. The third kappa shape index (κ3) is 2.54. The van der Waals surface area contributed by atoms with Crippen molar-refractivity contribution in [3.05, 3.63) is 29.8 Å². The van der Waals surface area contributed by atoms with Gasteiger partial charge in [-0.05, 0) is 30.7 Å². The number of fused-ring (bicyclic) bond motifs is 1. The molecule has 1 aromatic carbocycles. The van der Waals surface area contributed by atoms with Gasteiger partial charge in [-0.25, -0.2) is 0 Å². The SMILES string of the molecule is CC(CO)NC1CCSc2ccccc21. The fourth-order valence-electron chi connectivity index (χ4n) is 1.91. The summed E-state index contributed by atoms with van der Waals surface area (Å²) in [6.07, 6.45) is 1.14. The Morgan fingerprint density at radius 3 is 3.13 bits per heavy atom. The van der Waals surface area contributed by atoms with Crippen LogP contribution in [0, 0.1) is 0 Å². The highest BCUT2D eigenvalue weighted by Crippen LogP contribution is 2.35. The molecule has 2 unspecified atom stereocenters. The van der Waals surface area contributed by atoms with Gasteiger partial charge in [0.15, 0.2) is 0 Å². The molecule has 1 aromatic rings. The zero-order valence-corrected chi connectivity index (χ0v) is 9.76. The second-order valence-electron chi connectivity index (χ2n) is 3.98. The molecule has 2 rings (SSSR count). The first-order valence-electron chi connectivity index (χ1n) is 5.40. The molecular weight excluding hydrogens is 206 g/mol. The molecular formula is C12H17NOS. The second-order valence-corrected chi connectivity index (χ2v) is 5.11. The maximum Gasteiger partial charge on any atom is 0.0582 e. The van der Waals surface area contributed by atoms with Gasteiger partial charge in [0.05, 0.1) is 6.61 Å². The van der Waals surface area contributed by atoms with E-state index in [4.69, 9.17) is 5.11 Å². The Hall–Kier alpha value is -0.510. The molecule has 1 aliphatic heterocycles. The summed E-state index contributed by atoms with van der Waals surface area (Å²) >= 11 is 1.92. The minimum Gasteiger partial charge on any atom is -0.395 e. The average molecular weight is 223 g/mol. The lowest BCUT2D eigenvalue weighted by molar-refractivity contribution is 0.239. The van der Waals surface area contributed by atoms with Crippen LogP contribution in [-0.2, 0) is 0 Å². The number of nitrogens with one attached hydrogen (secondary N) is 1. The predicted molar refractivity (Wildman–Crippen MR) is 64.2 cm³/mol. The van der Waals surface area contributed by atoms with E-state index in [1.54, 1.807) is 0 Å². The lowest BCUT2D eigenvalue weighted by Gasteiger charge is -2.28. The predicted octanol–water partition coefficient (Wildman–Crippen LogP) is 2.19. The Kier molecular flexibility index (Phi) is 3.67. The Bertz CT molecular complexity index is 329. The molecule has 0 bridgehead atoms. The molecule has 0 fully saturated rings. The van der Waals surface area contributed by atoms with Crippen molar-refractivity contribution < 1.29 is 5.11 Å². The van der Waals surface area contributed by atoms with Crippen molar-refractivity contribution in [1.82, 2.24) is 5.32 Å². The van der Waals surface area contributed by atoms with Gasteiger partial charge >= 0.3 is 0 Å². The zero-order chi connectivity index (χ0) is 10.7. The molecule has 0 amide bonds. The lowest BCUT2D eigenvalue weighted by atomic mass is 10.0. The molecule has 82 valence electrons. The van der Waals surface area contributed by atoms with E-state index >= 15 is 0 Å². The normalized spacial score (nSPS) is 22.1. The number of aliphatic hydroxyl groups is 1. The molecule has 2 N–H and O–H groups in total. The van der Waals surface area contributed by atoms with Gasteiger partial charge in [-0.15, -0.1) is 11.8 Å². The number of aliphatic hydroxyl groups excluding tert-OH is 1. The molecule has 0 aliphatic carbocycles. The molecule has 0 saturated carbocycles. The van der Waals surface area contributed by atoms with Crippen LogP contribution in [0.5, 0.6) is 0 Å². The van der Waals surface area contributed by atoms with E-state index in [2.05, 4.69) is 29.6 Å². The van der Waals surface area contributed by atoms with Crippen molar-refractivity contribution >= 4 is 11.8 Å². The van der Waals surface area contributed by atoms with Crippen molar-refractivity contribution in [2.75, 3.05) is 12.4 Å². The molecule has 15 heavy (non-hydrogen) atoms. The van der Waals surface area contributed by atoms with Crippen molar-refractivity contribution in [3.8, 4) is 0 Å².